The van der Waals surface area contributed by atoms with Gasteiger partial charge in [0.25, 0.3) is 0 Å². The SMILES string of the molecule is CC(C)(C)c1nnc(C2CNCCO2)o1. The summed E-state index contributed by atoms with van der Waals surface area (Å²) in [5.41, 5.74) is -0.104. The quantitative estimate of drug-likeness (QED) is 0.751. The largest absolute Gasteiger partial charge is 0.422 e. The number of rotatable bonds is 1. The van der Waals surface area contributed by atoms with Crippen LogP contribution in [0.5, 0.6) is 0 Å². The van der Waals surface area contributed by atoms with Crippen LogP contribution in [-0.2, 0) is 10.2 Å². The highest BCUT2D eigenvalue weighted by Gasteiger charge is 2.26. The van der Waals surface area contributed by atoms with Crippen LogP contribution in [0.2, 0.25) is 0 Å². The van der Waals surface area contributed by atoms with Crippen molar-refractivity contribution < 1.29 is 9.15 Å². The monoisotopic (exact) mass is 211 g/mol. The van der Waals surface area contributed by atoms with Crippen molar-refractivity contribution in [3.05, 3.63) is 11.8 Å². The normalized spacial score (nSPS) is 23.0. The second-order valence-electron chi connectivity index (χ2n) is 4.76. The third kappa shape index (κ3) is 2.35. The van der Waals surface area contributed by atoms with Crippen LogP contribution in [-0.4, -0.2) is 29.9 Å². The predicted molar refractivity (Wildman–Crippen MR) is 54.6 cm³/mol. The highest BCUT2D eigenvalue weighted by atomic mass is 16.5. The maximum absolute atomic E-state index is 5.60. The summed E-state index contributed by atoms with van der Waals surface area (Å²) in [6.07, 6.45) is -0.0950. The molecule has 0 aromatic carbocycles. The fraction of sp³-hybridized carbons (Fsp3) is 0.800. The Balaban J connectivity index is 2.12. The molecule has 15 heavy (non-hydrogen) atoms. The van der Waals surface area contributed by atoms with Crippen LogP contribution in [0.25, 0.3) is 0 Å². The van der Waals surface area contributed by atoms with Crippen molar-refractivity contribution in [2.75, 3.05) is 19.7 Å². The fourth-order valence-electron chi connectivity index (χ4n) is 1.39. The fourth-order valence-corrected chi connectivity index (χ4v) is 1.39. The van der Waals surface area contributed by atoms with E-state index in [1.807, 2.05) is 20.8 Å². The zero-order valence-electron chi connectivity index (χ0n) is 9.41. The summed E-state index contributed by atoms with van der Waals surface area (Å²) in [5.74, 6) is 1.23. The number of hydrogen-bond donors (Lipinski definition) is 1. The highest BCUT2D eigenvalue weighted by Crippen LogP contribution is 2.24. The molecule has 0 spiro atoms. The predicted octanol–water partition coefficient (Wildman–Crippen LogP) is 1.03. The molecule has 1 aliphatic heterocycles. The number of nitrogens with one attached hydrogen (secondary N) is 1. The van der Waals surface area contributed by atoms with Crippen molar-refractivity contribution in [2.24, 2.45) is 0 Å². The van der Waals surface area contributed by atoms with Crippen molar-refractivity contribution in [1.29, 1.82) is 0 Å². The number of nitrogens with zero attached hydrogens (tertiary/aromatic N) is 2. The van der Waals surface area contributed by atoms with Crippen LogP contribution in [0, 0.1) is 0 Å². The average molecular weight is 211 g/mol. The van der Waals surface area contributed by atoms with Gasteiger partial charge < -0.3 is 14.5 Å². The van der Waals surface area contributed by atoms with Gasteiger partial charge in [0, 0.05) is 18.5 Å². The van der Waals surface area contributed by atoms with Gasteiger partial charge in [0.2, 0.25) is 11.8 Å². The first-order valence-corrected chi connectivity index (χ1v) is 5.23. The minimum atomic E-state index is -0.104. The molecule has 1 aromatic heterocycles. The molecule has 5 heteroatoms. The number of ether oxygens (including phenoxy) is 1. The first-order chi connectivity index (χ1) is 7.07. The maximum atomic E-state index is 5.60. The van der Waals surface area contributed by atoms with Crippen LogP contribution >= 0.6 is 0 Å². The summed E-state index contributed by atoms with van der Waals surface area (Å²) in [4.78, 5) is 0. The van der Waals surface area contributed by atoms with Crippen LogP contribution in [0.3, 0.4) is 0 Å². The second-order valence-corrected chi connectivity index (χ2v) is 4.76. The molecule has 2 heterocycles. The van der Waals surface area contributed by atoms with Crippen molar-refractivity contribution in [1.82, 2.24) is 15.5 Å². The Morgan fingerprint density at radius 2 is 2.13 bits per heavy atom. The van der Waals surface area contributed by atoms with Crippen LogP contribution in [0.1, 0.15) is 38.7 Å². The first kappa shape index (κ1) is 10.6. The zero-order chi connectivity index (χ0) is 10.9. The van der Waals surface area contributed by atoms with Gasteiger partial charge in [-0.15, -0.1) is 10.2 Å². The van der Waals surface area contributed by atoms with E-state index in [1.54, 1.807) is 0 Å². The molecule has 1 fully saturated rings. The average Bonchev–Trinajstić information content (AvgIpc) is 2.67. The van der Waals surface area contributed by atoms with Gasteiger partial charge in [-0.25, -0.2) is 0 Å². The van der Waals surface area contributed by atoms with E-state index in [-0.39, 0.29) is 11.5 Å². The Labute approximate surface area is 89.2 Å². The zero-order valence-corrected chi connectivity index (χ0v) is 9.41. The molecule has 1 aromatic rings. The Hall–Kier alpha value is -0.940. The smallest absolute Gasteiger partial charge is 0.246 e. The van der Waals surface area contributed by atoms with Gasteiger partial charge in [0.15, 0.2) is 0 Å². The van der Waals surface area contributed by atoms with Crippen LogP contribution in [0.4, 0.5) is 0 Å². The molecule has 0 radical (unpaired) electrons. The second kappa shape index (κ2) is 3.90. The van der Waals surface area contributed by atoms with Gasteiger partial charge in [-0.3, -0.25) is 0 Å². The van der Waals surface area contributed by atoms with Crippen molar-refractivity contribution in [3.8, 4) is 0 Å². The summed E-state index contributed by atoms with van der Waals surface area (Å²) < 4.78 is 11.1. The van der Waals surface area contributed by atoms with Crippen molar-refractivity contribution >= 4 is 0 Å². The molecule has 84 valence electrons. The van der Waals surface area contributed by atoms with E-state index >= 15 is 0 Å². The molecule has 0 amide bonds. The summed E-state index contributed by atoms with van der Waals surface area (Å²) in [6, 6.07) is 0. The molecule has 1 aliphatic rings. The van der Waals surface area contributed by atoms with Crippen LogP contribution < -0.4 is 5.32 Å². The number of morpholine rings is 1. The molecule has 0 saturated carbocycles. The molecule has 0 bridgehead atoms. The highest BCUT2D eigenvalue weighted by molar-refractivity contribution is 4.98. The molecular formula is C10H17N3O2. The van der Waals surface area contributed by atoms with Crippen LogP contribution in [0.15, 0.2) is 4.42 Å². The lowest BCUT2D eigenvalue weighted by Gasteiger charge is -2.20. The van der Waals surface area contributed by atoms with Gasteiger partial charge in [0.1, 0.15) is 6.10 Å². The molecule has 1 atom stereocenters. The van der Waals surface area contributed by atoms with E-state index in [9.17, 15) is 0 Å². The third-order valence-electron chi connectivity index (χ3n) is 2.29. The lowest BCUT2D eigenvalue weighted by Crippen LogP contribution is -2.33. The Bertz CT molecular complexity index is 324. The molecular weight excluding hydrogens is 194 g/mol. The van der Waals surface area contributed by atoms with Gasteiger partial charge in [0.05, 0.1) is 6.61 Å². The Kier molecular flexibility index (Phi) is 2.75. The maximum Gasteiger partial charge on any atom is 0.246 e. The van der Waals surface area contributed by atoms with E-state index in [0.29, 0.717) is 18.4 Å². The topological polar surface area (TPSA) is 60.2 Å². The molecule has 0 aliphatic carbocycles. The summed E-state index contributed by atoms with van der Waals surface area (Å²) in [7, 11) is 0. The summed E-state index contributed by atoms with van der Waals surface area (Å²) >= 11 is 0. The van der Waals surface area contributed by atoms with Crippen molar-refractivity contribution in [3.63, 3.8) is 0 Å². The van der Waals surface area contributed by atoms with Gasteiger partial charge >= 0.3 is 0 Å². The standard InChI is InChI=1S/C10H17N3O2/c1-10(2,3)9-13-12-8(15-9)7-6-11-4-5-14-7/h7,11H,4-6H2,1-3H3. The summed E-state index contributed by atoms with van der Waals surface area (Å²) in [6.45, 7) is 8.46. The molecule has 1 N–H and O–H groups in total. The molecule has 2 rings (SSSR count). The van der Waals surface area contributed by atoms with E-state index in [4.69, 9.17) is 9.15 Å². The van der Waals surface area contributed by atoms with E-state index in [1.165, 1.54) is 0 Å². The van der Waals surface area contributed by atoms with E-state index < -0.39 is 0 Å². The Morgan fingerprint density at radius 1 is 1.33 bits per heavy atom. The van der Waals surface area contributed by atoms with Gasteiger partial charge in [-0.05, 0) is 0 Å². The molecule has 5 nitrogen and oxygen atoms in total. The minimum Gasteiger partial charge on any atom is -0.422 e. The lowest BCUT2D eigenvalue weighted by molar-refractivity contribution is 0.00969. The van der Waals surface area contributed by atoms with Crippen molar-refractivity contribution in [2.45, 2.75) is 32.3 Å². The molecule has 1 unspecified atom stereocenters. The van der Waals surface area contributed by atoms with Gasteiger partial charge in [-0.1, -0.05) is 20.8 Å². The summed E-state index contributed by atoms with van der Waals surface area (Å²) in [5, 5.41) is 11.3. The molecule has 1 saturated heterocycles. The van der Waals surface area contributed by atoms with E-state index in [2.05, 4.69) is 15.5 Å². The van der Waals surface area contributed by atoms with Gasteiger partial charge in [-0.2, -0.15) is 0 Å². The minimum absolute atomic E-state index is 0.0950. The lowest BCUT2D eigenvalue weighted by atomic mass is 9.97. The number of hydrogen-bond acceptors (Lipinski definition) is 5. The first-order valence-electron chi connectivity index (χ1n) is 5.23. The van der Waals surface area contributed by atoms with E-state index in [0.717, 1.165) is 13.1 Å². The Morgan fingerprint density at radius 3 is 2.67 bits per heavy atom. The third-order valence-corrected chi connectivity index (χ3v) is 2.29. The number of aromatic nitrogens is 2.